The van der Waals surface area contributed by atoms with E-state index in [9.17, 15) is 17.6 Å². The monoisotopic (exact) mass is 186 g/mol. The topological polar surface area (TPSA) is 20.2 Å². The molecule has 0 heterocycles. The van der Waals surface area contributed by atoms with E-state index in [0.29, 0.717) is 12.8 Å². The molecule has 0 aromatic heterocycles. The fourth-order valence-corrected chi connectivity index (χ4v) is 0.953. The van der Waals surface area contributed by atoms with Crippen LogP contribution in [0.1, 0.15) is 25.7 Å². The van der Waals surface area contributed by atoms with Crippen LogP contribution in [0, 0.1) is 0 Å². The summed E-state index contributed by atoms with van der Waals surface area (Å²) in [5, 5.41) is 9.11. The lowest BCUT2D eigenvalue weighted by atomic mass is 10.1. The van der Waals surface area contributed by atoms with Gasteiger partial charge in [-0.2, -0.15) is 13.2 Å². The molecule has 1 fully saturated rings. The maximum Gasteiger partial charge on any atom is 0.419 e. The molecule has 1 aliphatic rings. The Bertz CT molecular complexity index is 161. The van der Waals surface area contributed by atoms with Crippen LogP contribution in [-0.2, 0) is 0 Å². The van der Waals surface area contributed by atoms with E-state index in [1.54, 1.807) is 0 Å². The van der Waals surface area contributed by atoms with Crippen LogP contribution in [-0.4, -0.2) is 23.1 Å². The maximum atomic E-state index is 12.2. The summed E-state index contributed by atoms with van der Waals surface area (Å²) >= 11 is 0. The van der Waals surface area contributed by atoms with Gasteiger partial charge in [0.1, 0.15) is 0 Å². The summed E-state index contributed by atoms with van der Waals surface area (Å²) in [6.07, 6.45) is -7.28. The lowest BCUT2D eigenvalue weighted by Crippen LogP contribution is -2.25. The Morgan fingerprint density at radius 3 is 2.17 bits per heavy atom. The lowest BCUT2D eigenvalue weighted by Gasteiger charge is -2.13. The molecule has 0 spiro atoms. The van der Waals surface area contributed by atoms with E-state index in [0.717, 1.165) is 0 Å². The van der Waals surface area contributed by atoms with Crippen molar-refractivity contribution in [2.75, 3.05) is 0 Å². The Labute approximate surface area is 67.4 Å². The Morgan fingerprint density at radius 2 is 1.83 bits per heavy atom. The van der Waals surface area contributed by atoms with Crippen LogP contribution < -0.4 is 0 Å². The highest BCUT2D eigenvalue weighted by atomic mass is 19.4. The first kappa shape index (κ1) is 9.77. The van der Waals surface area contributed by atoms with Crippen LogP contribution in [0.5, 0.6) is 0 Å². The number of aliphatic hydroxyl groups is 1. The molecule has 1 N–H and O–H groups in total. The first-order valence-corrected chi connectivity index (χ1v) is 3.77. The van der Waals surface area contributed by atoms with Gasteiger partial charge in [0.05, 0.1) is 5.60 Å². The molecule has 72 valence electrons. The highest BCUT2D eigenvalue weighted by Crippen LogP contribution is 2.41. The second kappa shape index (κ2) is 2.87. The first-order valence-electron chi connectivity index (χ1n) is 3.77. The third-order valence-corrected chi connectivity index (χ3v) is 2.05. The molecule has 0 radical (unpaired) electrons. The normalized spacial score (nSPS) is 23.8. The molecule has 12 heavy (non-hydrogen) atoms. The number of hydrogen-bond acceptors (Lipinski definition) is 1. The zero-order valence-electron chi connectivity index (χ0n) is 6.36. The van der Waals surface area contributed by atoms with E-state index in [1.807, 2.05) is 0 Å². The Morgan fingerprint density at radius 1 is 1.33 bits per heavy atom. The van der Waals surface area contributed by atoms with E-state index in [4.69, 9.17) is 5.11 Å². The molecule has 0 bridgehead atoms. The van der Waals surface area contributed by atoms with Crippen molar-refractivity contribution >= 4 is 0 Å². The van der Waals surface area contributed by atoms with E-state index >= 15 is 0 Å². The van der Waals surface area contributed by atoms with Gasteiger partial charge in [-0.15, -0.1) is 0 Å². The van der Waals surface area contributed by atoms with Gasteiger partial charge in [0, 0.05) is 0 Å². The lowest BCUT2D eigenvalue weighted by molar-refractivity contribution is -0.183. The molecule has 1 saturated carbocycles. The van der Waals surface area contributed by atoms with Gasteiger partial charge in [-0.25, -0.2) is 4.39 Å². The van der Waals surface area contributed by atoms with Crippen LogP contribution in [0.25, 0.3) is 0 Å². The van der Waals surface area contributed by atoms with E-state index in [2.05, 4.69) is 0 Å². The second-order valence-electron chi connectivity index (χ2n) is 3.27. The Balaban J connectivity index is 2.23. The van der Waals surface area contributed by atoms with Crippen LogP contribution in [0.4, 0.5) is 17.6 Å². The highest BCUT2D eigenvalue weighted by molar-refractivity contribution is 4.93. The van der Waals surface area contributed by atoms with Gasteiger partial charge in [0.2, 0.25) is 0 Å². The summed E-state index contributed by atoms with van der Waals surface area (Å²) < 4.78 is 47.0. The maximum absolute atomic E-state index is 12.2. The largest absolute Gasteiger partial charge is 0.419 e. The van der Waals surface area contributed by atoms with Gasteiger partial charge in [-0.1, -0.05) is 0 Å². The minimum Gasteiger partial charge on any atom is -0.390 e. The minimum atomic E-state index is -4.77. The second-order valence-corrected chi connectivity index (χ2v) is 3.27. The molecule has 1 atom stereocenters. The quantitative estimate of drug-likeness (QED) is 0.670. The third-order valence-electron chi connectivity index (χ3n) is 2.05. The van der Waals surface area contributed by atoms with Gasteiger partial charge >= 0.3 is 6.18 Å². The molecule has 1 unspecified atom stereocenters. The summed E-state index contributed by atoms with van der Waals surface area (Å²) in [6, 6.07) is 0. The summed E-state index contributed by atoms with van der Waals surface area (Å²) in [7, 11) is 0. The van der Waals surface area contributed by atoms with Crippen molar-refractivity contribution < 1.29 is 22.7 Å². The Hall–Kier alpha value is -0.320. The summed E-state index contributed by atoms with van der Waals surface area (Å²) in [4.78, 5) is 0. The van der Waals surface area contributed by atoms with E-state index in [1.165, 1.54) is 0 Å². The fraction of sp³-hybridized carbons (Fsp3) is 1.00. The predicted molar refractivity (Wildman–Crippen MR) is 34.4 cm³/mol. The molecule has 1 nitrogen and oxygen atoms in total. The van der Waals surface area contributed by atoms with Crippen LogP contribution in [0.2, 0.25) is 0 Å². The van der Waals surface area contributed by atoms with Gasteiger partial charge in [-0.3, -0.25) is 0 Å². The predicted octanol–water partition coefficient (Wildman–Crippen LogP) is 2.19. The molecular formula is C7H10F4O. The smallest absolute Gasteiger partial charge is 0.390 e. The minimum absolute atomic E-state index is 0.0896. The molecule has 0 saturated heterocycles. The van der Waals surface area contributed by atoms with Crippen LogP contribution in [0.15, 0.2) is 0 Å². The fourth-order valence-electron chi connectivity index (χ4n) is 0.953. The van der Waals surface area contributed by atoms with Gasteiger partial charge in [0.15, 0.2) is 6.17 Å². The highest BCUT2D eigenvalue weighted by Gasteiger charge is 2.45. The number of alkyl halides is 4. The van der Waals surface area contributed by atoms with Gasteiger partial charge in [-0.05, 0) is 25.7 Å². The molecule has 1 aliphatic carbocycles. The van der Waals surface area contributed by atoms with Crippen molar-refractivity contribution in [3.63, 3.8) is 0 Å². The average Bonchev–Trinajstić information content (AvgIpc) is 2.62. The molecule has 0 aromatic rings. The molecule has 1 rings (SSSR count). The van der Waals surface area contributed by atoms with Crippen molar-refractivity contribution in [1.82, 2.24) is 0 Å². The number of halogens is 4. The summed E-state index contributed by atoms with van der Waals surface area (Å²) in [5.74, 6) is 0. The number of rotatable bonds is 3. The standard InChI is InChI=1S/C7H10F4O/c8-5(7(9,10)11)1-2-6(12)3-4-6/h5,12H,1-4H2. The molecule has 0 amide bonds. The zero-order valence-corrected chi connectivity index (χ0v) is 6.36. The van der Waals surface area contributed by atoms with Crippen LogP contribution >= 0.6 is 0 Å². The summed E-state index contributed by atoms with van der Waals surface area (Å²) in [6.45, 7) is 0. The van der Waals surface area contributed by atoms with Gasteiger partial charge < -0.3 is 5.11 Å². The number of hydrogen-bond donors (Lipinski definition) is 1. The van der Waals surface area contributed by atoms with Crippen molar-refractivity contribution in [2.45, 2.75) is 43.6 Å². The average molecular weight is 186 g/mol. The van der Waals surface area contributed by atoms with Crippen molar-refractivity contribution in [2.24, 2.45) is 0 Å². The molecule has 0 aliphatic heterocycles. The molecule has 0 aromatic carbocycles. The third kappa shape index (κ3) is 2.62. The zero-order chi connectivity index (χ0) is 9.41. The van der Waals surface area contributed by atoms with Crippen molar-refractivity contribution in [3.05, 3.63) is 0 Å². The van der Waals surface area contributed by atoms with Crippen LogP contribution in [0.3, 0.4) is 0 Å². The van der Waals surface area contributed by atoms with Crippen molar-refractivity contribution in [3.8, 4) is 0 Å². The first-order chi connectivity index (χ1) is 5.33. The molecular weight excluding hydrogens is 176 g/mol. The molecule has 5 heteroatoms. The van der Waals surface area contributed by atoms with Crippen molar-refractivity contribution in [1.29, 1.82) is 0 Å². The van der Waals surface area contributed by atoms with Gasteiger partial charge in [0.25, 0.3) is 0 Å². The summed E-state index contributed by atoms with van der Waals surface area (Å²) in [5.41, 5.74) is -0.990. The Kier molecular flexibility index (Phi) is 2.33. The van der Waals surface area contributed by atoms with E-state index < -0.39 is 24.4 Å². The SMILES string of the molecule is OC1(CCC(F)C(F)(F)F)CC1. The van der Waals surface area contributed by atoms with E-state index in [-0.39, 0.29) is 6.42 Å².